The fourth-order valence-electron chi connectivity index (χ4n) is 4.09. The maximum absolute atomic E-state index is 13.6. The molecular formula is C25H31N9O7. The molecule has 218 valence electrons. The third kappa shape index (κ3) is 8.62. The Kier molecular flexibility index (Phi) is 10.1. The number of hydrogen-bond donors (Lipinski definition) is 9. The number of nitrogens with zero attached hydrogens (tertiary/aromatic N) is 1. The number of benzene rings is 1. The summed E-state index contributed by atoms with van der Waals surface area (Å²) in [6.07, 6.45) is 3.09. The summed E-state index contributed by atoms with van der Waals surface area (Å²) in [4.78, 5) is 83.3. The minimum Gasteiger partial charge on any atom is -0.480 e. The SMILES string of the molecule is NC(=O)CC(N)C(=O)NC(Cc1c[nH]c2ccccc12)C(=O)NC(Cc1cnc[nH]1)C(=O)NC(CC(N)=O)C(=O)O. The number of nitrogens with one attached hydrogen (secondary N) is 5. The Morgan fingerprint density at radius 2 is 1.44 bits per heavy atom. The number of imidazole rings is 1. The molecule has 0 aliphatic heterocycles. The fourth-order valence-corrected chi connectivity index (χ4v) is 4.09. The predicted molar refractivity (Wildman–Crippen MR) is 143 cm³/mol. The summed E-state index contributed by atoms with van der Waals surface area (Å²) < 4.78 is 0. The van der Waals surface area contributed by atoms with Crippen molar-refractivity contribution in [1.82, 2.24) is 30.9 Å². The van der Waals surface area contributed by atoms with Gasteiger partial charge in [0.15, 0.2) is 0 Å². The summed E-state index contributed by atoms with van der Waals surface area (Å²) in [7, 11) is 0. The molecule has 2 heterocycles. The van der Waals surface area contributed by atoms with Gasteiger partial charge in [0.25, 0.3) is 0 Å². The molecule has 1 aromatic carbocycles. The van der Waals surface area contributed by atoms with Crippen LogP contribution in [0.3, 0.4) is 0 Å². The van der Waals surface area contributed by atoms with Crippen molar-refractivity contribution >= 4 is 46.4 Å². The second kappa shape index (κ2) is 13.7. The van der Waals surface area contributed by atoms with Crippen LogP contribution in [0.1, 0.15) is 24.1 Å². The lowest BCUT2D eigenvalue weighted by Crippen LogP contribution is -2.58. The van der Waals surface area contributed by atoms with Gasteiger partial charge in [-0.2, -0.15) is 0 Å². The number of nitrogens with two attached hydrogens (primary N) is 3. The number of carbonyl (C=O) groups is 6. The highest BCUT2D eigenvalue weighted by atomic mass is 16.4. The highest BCUT2D eigenvalue weighted by Gasteiger charge is 2.32. The molecule has 0 bridgehead atoms. The summed E-state index contributed by atoms with van der Waals surface area (Å²) in [6, 6.07) is 1.64. The van der Waals surface area contributed by atoms with E-state index in [1.165, 1.54) is 12.5 Å². The van der Waals surface area contributed by atoms with Gasteiger partial charge in [0, 0.05) is 41.8 Å². The molecule has 0 saturated carbocycles. The molecule has 12 N–H and O–H groups in total. The van der Waals surface area contributed by atoms with Crippen LogP contribution >= 0.6 is 0 Å². The zero-order valence-corrected chi connectivity index (χ0v) is 21.8. The topological polar surface area (TPSA) is 281 Å². The Balaban J connectivity index is 1.88. The van der Waals surface area contributed by atoms with Crippen LogP contribution in [0.4, 0.5) is 0 Å². The fraction of sp³-hybridized carbons (Fsp3) is 0.320. The van der Waals surface area contributed by atoms with E-state index in [-0.39, 0.29) is 12.8 Å². The quantitative estimate of drug-likeness (QED) is 0.0918. The van der Waals surface area contributed by atoms with Crippen molar-refractivity contribution in [3.8, 4) is 0 Å². The number of carboxylic acids is 1. The summed E-state index contributed by atoms with van der Waals surface area (Å²) in [6.45, 7) is 0. The lowest BCUT2D eigenvalue weighted by Gasteiger charge is -2.25. The van der Waals surface area contributed by atoms with Crippen LogP contribution < -0.4 is 33.2 Å². The third-order valence-electron chi connectivity index (χ3n) is 6.12. The summed E-state index contributed by atoms with van der Waals surface area (Å²) in [5, 5.41) is 17.4. The number of aliphatic carboxylic acids is 1. The number of rotatable bonds is 15. The average molecular weight is 570 g/mol. The van der Waals surface area contributed by atoms with Gasteiger partial charge in [-0.3, -0.25) is 24.0 Å². The van der Waals surface area contributed by atoms with Gasteiger partial charge in [0.1, 0.15) is 18.1 Å². The van der Waals surface area contributed by atoms with Gasteiger partial charge < -0.3 is 48.2 Å². The molecule has 4 atom stereocenters. The first-order valence-corrected chi connectivity index (χ1v) is 12.4. The molecule has 0 aliphatic carbocycles. The number of primary amides is 2. The maximum Gasteiger partial charge on any atom is 0.326 e. The molecule has 2 aromatic heterocycles. The molecule has 0 saturated heterocycles. The van der Waals surface area contributed by atoms with Gasteiger partial charge in [-0.15, -0.1) is 0 Å². The second-order valence-corrected chi connectivity index (χ2v) is 9.31. The number of aromatic nitrogens is 3. The summed E-state index contributed by atoms with van der Waals surface area (Å²) in [5.41, 5.74) is 17.9. The van der Waals surface area contributed by atoms with Crippen molar-refractivity contribution in [2.75, 3.05) is 0 Å². The van der Waals surface area contributed by atoms with Gasteiger partial charge in [-0.1, -0.05) is 18.2 Å². The summed E-state index contributed by atoms with van der Waals surface area (Å²) in [5.74, 6) is -5.84. The van der Waals surface area contributed by atoms with Gasteiger partial charge >= 0.3 is 5.97 Å². The maximum atomic E-state index is 13.6. The van der Waals surface area contributed by atoms with Gasteiger partial charge in [-0.05, 0) is 11.6 Å². The zero-order chi connectivity index (χ0) is 30.1. The number of carboxylic acid groups (broad SMARTS) is 1. The van der Waals surface area contributed by atoms with Crippen LogP contribution in [0.15, 0.2) is 43.0 Å². The molecule has 4 unspecified atom stereocenters. The van der Waals surface area contributed by atoms with E-state index in [0.29, 0.717) is 11.3 Å². The van der Waals surface area contributed by atoms with E-state index in [4.69, 9.17) is 17.2 Å². The highest BCUT2D eigenvalue weighted by molar-refractivity contribution is 5.96. The first kappa shape index (κ1) is 30.3. The van der Waals surface area contributed by atoms with E-state index in [0.717, 1.165) is 10.9 Å². The van der Waals surface area contributed by atoms with E-state index >= 15 is 0 Å². The Labute approximate surface area is 232 Å². The third-order valence-corrected chi connectivity index (χ3v) is 6.12. The van der Waals surface area contributed by atoms with Crippen LogP contribution in [0.2, 0.25) is 0 Å². The van der Waals surface area contributed by atoms with Crippen molar-refractivity contribution in [2.24, 2.45) is 17.2 Å². The van der Waals surface area contributed by atoms with E-state index < -0.39 is 72.5 Å². The molecule has 41 heavy (non-hydrogen) atoms. The van der Waals surface area contributed by atoms with Crippen molar-refractivity contribution in [1.29, 1.82) is 0 Å². The zero-order valence-electron chi connectivity index (χ0n) is 21.8. The van der Waals surface area contributed by atoms with E-state index in [1.807, 2.05) is 18.2 Å². The van der Waals surface area contributed by atoms with Crippen LogP contribution in [0.25, 0.3) is 10.9 Å². The number of carbonyl (C=O) groups excluding carboxylic acids is 5. The molecule has 16 nitrogen and oxygen atoms in total. The molecule has 3 rings (SSSR count). The molecule has 0 radical (unpaired) electrons. The minimum atomic E-state index is -1.64. The average Bonchev–Trinajstić information content (AvgIpc) is 3.56. The normalized spacial score (nSPS) is 13.9. The Hall–Kier alpha value is -5.25. The van der Waals surface area contributed by atoms with Crippen molar-refractivity contribution in [3.63, 3.8) is 0 Å². The lowest BCUT2D eigenvalue weighted by atomic mass is 10.0. The first-order valence-electron chi connectivity index (χ1n) is 12.4. The van der Waals surface area contributed by atoms with Gasteiger partial charge in [0.05, 0.1) is 25.2 Å². The van der Waals surface area contributed by atoms with Crippen molar-refractivity contribution in [3.05, 3.63) is 54.2 Å². The molecule has 0 fully saturated rings. The van der Waals surface area contributed by atoms with Gasteiger partial charge in [-0.25, -0.2) is 9.78 Å². The monoisotopic (exact) mass is 569 g/mol. The molecule has 0 spiro atoms. The lowest BCUT2D eigenvalue weighted by molar-refractivity contribution is -0.143. The molecular weight excluding hydrogens is 538 g/mol. The minimum absolute atomic E-state index is 0.0390. The van der Waals surface area contributed by atoms with Crippen molar-refractivity contribution < 1.29 is 33.9 Å². The van der Waals surface area contributed by atoms with Crippen molar-refractivity contribution in [2.45, 2.75) is 49.9 Å². The number of para-hydroxylation sites is 1. The first-order chi connectivity index (χ1) is 19.4. The van der Waals surface area contributed by atoms with Crippen LogP contribution in [-0.4, -0.2) is 79.7 Å². The Morgan fingerprint density at radius 3 is 2.05 bits per heavy atom. The molecule has 5 amide bonds. The van der Waals surface area contributed by atoms with E-state index in [9.17, 15) is 33.9 Å². The van der Waals surface area contributed by atoms with Crippen LogP contribution in [0, 0.1) is 0 Å². The number of aromatic amines is 2. The molecule has 0 aliphatic rings. The second-order valence-electron chi connectivity index (χ2n) is 9.31. The highest BCUT2D eigenvalue weighted by Crippen LogP contribution is 2.19. The molecule has 3 aromatic rings. The van der Waals surface area contributed by atoms with Crippen LogP contribution in [-0.2, 0) is 41.6 Å². The van der Waals surface area contributed by atoms with Gasteiger partial charge in [0.2, 0.25) is 29.5 Å². The summed E-state index contributed by atoms with van der Waals surface area (Å²) >= 11 is 0. The molecule has 16 heteroatoms. The predicted octanol–water partition coefficient (Wildman–Crippen LogP) is -2.71. The van der Waals surface area contributed by atoms with E-state index in [2.05, 4.69) is 30.9 Å². The number of H-pyrrole nitrogens is 2. The number of hydrogen-bond acceptors (Lipinski definition) is 8. The van der Waals surface area contributed by atoms with Crippen LogP contribution in [0.5, 0.6) is 0 Å². The smallest absolute Gasteiger partial charge is 0.326 e. The largest absolute Gasteiger partial charge is 0.480 e. The standard InChI is InChI=1S/C25H31N9O7/c26-15(7-20(27)35)22(37)32-17(5-12-9-30-16-4-2-1-3-14(12)16)23(38)33-18(6-13-10-29-11-31-13)24(39)34-19(25(40)41)8-21(28)36/h1-4,9-11,15,17-19,30H,5-8,26H2,(H2,27,35)(H2,28,36)(H,29,31)(H,32,37)(H,33,38)(H,34,39)(H,40,41). The van der Waals surface area contributed by atoms with E-state index in [1.54, 1.807) is 12.3 Å². The Bertz CT molecular complexity index is 1420. The number of amides is 5. The Morgan fingerprint density at radius 1 is 0.829 bits per heavy atom. The number of fused-ring (bicyclic) bond motifs is 1.